The first-order valence-corrected chi connectivity index (χ1v) is 4.39. The molecule has 4 heteroatoms. The van der Waals surface area contributed by atoms with Crippen molar-refractivity contribution in [3.8, 4) is 0 Å². The number of carbonyl (C=O) groups is 1. The lowest BCUT2D eigenvalue weighted by molar-refractivity contribution is -0.131. The van der Waals surface area contributed by atoms with E-state index in [1.807, 2.05) is 0 Å². The Labute approximate surface area is 87.4 Å². The summed E-state index contributed by atoms with van der Waals surface area (Å²) < 4.78 is 13.4. The lowest BCUT2D eigenvalue weighted by atomic mass is 10.1. The smallest absolute Gasteiger partial charge is 0.328 e. The molecule has 1 rings (SSSR count). The van der Waals surface area contributed by atoms with Crippen molar-refractivity contribution in [2.45, 2.75) is 0 Å². The van der Waals surface area contributed by atoms with Gasteiger partial charge in [-0.2, -0.15) is 0 Å². The predicted octanol–water partition coefficient (Wildman–Crippen LogP) is 1.99. The Kier molecular flexibility index (Phi) is 3.44. The molecule has 0 bridgehead atoms. The van der Waals surface area contributed by atoms with Crippen molar-refractivity contribution < 1.29 is 14.3 Å². The molecule has 0 unspecified atom stereocenters. The number of hydrogen-bond donors (Lipinski definition) is 1. The van der Waals surface area contributed by atoms with Gasteiger partial charge in [0.1, 0.15) is 5.82 Å². The molecule has 0 amide bonds. The van der Waals surface area contributed by atoms with Crippen LogP contribution in [0, 0.1) is 5.82 Å². The van der Waals surface area contributed by atoms with Crippen LogP contribution in [0.4, 0.5) is 10.1 Å². The van der Waals surface area contributed by atoms with Crippen molar-refractivity contribution >= 4 is 17.7 Å². The van der Waals surface area contributed by atoms with E-state index in [0.29, 0.717) is 5.69 Å². The first-order valence-electron chi connectivity index (χ1n) is 4.39. The van der Waals surface area contributed by atoms with Gasteiger partial charge in [0.25, 0.3) is 0 Å². The molecular formula is C11H12FNO2. The first kappa shape index (κ1) is 11.2. The first-order chi connectivity index (χ1) is 7.02. The Hall–Kier alpha value is -1.84. The third-order valence-electron chi connectivity index (χ3n) is 1.90. The molecule has 0 spiro atoms. The van der Waals surface area contributed by atoms with E-state index in [1.165, 1.54) is 12.1 Å². The van der Waals surface area contributed by atoms with E-state index in [2.05, 4.69) is 0 Å². The van der Waals surface area contributed by atoms with Crippen LogP contribution in [0.2, 0.25) is 0 Å². The van der Waals surface area contributed by atoms with Crippen LogP contribution in [0.5, 0.6) is 0 Å². The number of carboxylic acids is 1. The number of hydrogen-bond acceptors (Lipinski definition) is 2. The largest absolute Gasteiger partial charge is 0.478 e. The Morgan fingerprint density at radius 1 is 1.47 bits per heavy atom. The molecular weight excluding hydrogens is 197 g/mol. The molecule has 80 valence electrons. The molecule has 3 nitrogen and oxygen atoms in total. The third-order valence-corrected chi connectivity index (χ3v) is 1.90. The van der Waals surface area contributed by atoms with Gasteiger partial charge >= 0.3 is 5.97 Å². The van der Waals surface area contributed by atoms with E-state index in [1.54, 1.807) is 31.1 Å². The van der Waals surface area contributed by atoms with Gasteiger partial charge in [-0.3, -0.25) is 0 Å². The molecule has 0 saturated heterocycles. The Morgan fingerprint density at radius 2 is 2.13 bits per heavy atom. The van der Waals surface area contributed by atoms with Crippen LogP contribution in [0.1, 0.15) is 5.56 Å². The average Bonchev–Trinajstić information content (AvgIpc) is 2.15. The highest BCUT2D eigenvalue weighted by Crippen LogP contribution is 2.22. The Bertz CT molecular complexity index is 400. The molecule has 0 aliphatic heterocycles. The maximum Gasteiger partial charge on any atom is 0.328 e. The van der Waals surface area contributed by atoms with Gasteiger partial charge < -0.3 is 10.0 Å². The van der Waals surface area contributed by atoms with Gasteiger partial charge in [-0.25, -0.2) is 9.18 Å². The van der Waals surface area contributed by atoms with Crippen LogP contribution in [0.15, 0.2) is 24.3 Å². The van der Waals surface area contributed by atoms with E-state index < -0.39 is 11.8 Å². The fourth-order valence-corrected chi connectivity index (χ4v) is 1.24. The molecule has 1 N–H and O–H groups in total. The summed E-state index contributed by atoms with van der Waals surface area (Å²) in [5.41, 5.74) is 0.928. The topological polar surface area (TPSA) is 40.5 Å². The molecule has 0 aliphatic rings. The van der Waals surface area contributed by atoms with Gasteiger partial charge in [-0.1, -0.05) is 6.07 Å². The van der Waals surface area contributed by atoms with Crippen LogP contribution < -0.4 is 4.90 Å². The second kappa shape index (κ2) is 4.59. The van der Waals surface area contributed by atoms with Gasteiger partial charge in [-0.05, 0) is 18.2 Å². The van der Waals surface area contributed by atoms with Gasteiger partial charge in [0, 0.05) is 31.4 Å². The van der Waals surface area contributed by atoms with Crippen molar-refractivity contribution in [1.29, 1.82) is 0 Å². The van der Waals surface area contributed by atoms with Crippen LogP contribution in [0.3, 0.4) is 0 Å². The fourth-order valence-electron chi connectivity index (χ4n) is 1.24. The zero-order valence-corrected chi connectivity index (χ0v) is 8.57. The maximum absolute atomic E-state index is 13.4. The molecule has 0 saturated carbocycles. The number of anilines is 1. The molecule has 1 aromatic rings. The number of carboxylic acid groups (broad SMARTS) is 1. The molecule has 0 aromatic heterocycles. The maximum atomic E-state index is 13.4. The molecule has 15 heavy (non-hydrogen) atoms. The second-order valence-electron chi connectivity index (χ2n) is 3.24. The number of nitrogens with zero attached hydrogens (tertiary/aromatic N) is 1. The predicted molar refractivity (Wildman–Crippen MR) is 57.4 cm³/mol. The van der Waals surface area contributed by atoms with E-state index >= 15 is 0 Å². The number of aliphatic carboxylic acids is 1. The second-order valence-corrected chi connectivity index (χ2v) is 3.24. The summed E-state index contributed by atoms with van der Waals surface area (Å²) in [5.74, 6) is -1.53. The van der Waals surface area contributed by atoms with E-state index in [0.717, 1.165) is 6.08 Å². The highest BCUT2D eigenvalue weighted by Gasteiger charge is 2.06. The van der Waals surface area contributed by atoms with E-state index in [-0.39, 0.29) is 5.56 Å². The van der Waals surface area contributed by atoms with Gasteiger partial charge in [0.2, 0.25) is 0 Å². The summed E-state index contributed by atoms with van der Waals surface area (Å²) in [5, 5.41) is 8.47. The van der Waals surface area contributed by atoms with E-state index in [4.69, 9.17) is 5.11 Å². The molecule has 0 aliphatic carbocycles. The van der Waals surface area contributed by atoms with Crippen LogP contribution in [0.25, 0.3) is 6.08 Å². The number of rotatable bonds is 3. The van der Waals surface area contributed by atoms with Crippen molar-refractivity contribution in [2.75, 3.05) is 19.0 Å². The SMILES string of the molecule is CN(C)c1cccc(F)c1/C=C/C(=O)O. The zero-order valence-electron chi connectivity index (χ0n) is 8.57. The van der Waals surface area contributed by atoms with Crippen molar-refractivity contribution in [2.24, 2.45) is 0 Å². The minimum absolute atomic E-state index is 0.282. The summed E-state index contributed by atoms with van der Waals surface area (Å²) in [6.45, 7) is 0. The van der Waals surface area contributed by atoms with Crippen molar-refractivity contribution in [1.82, 2.24) is 0 Å². The lowest BCUT2D eigenvalue weighted by Gasteiger charge is -2.15. The number of halogens is 1. The normalized spacial score (nSPS) is 10.6. The highest BCUT2D eigenvalue weighted by atomic mass is 19.1. The highest BCUT2D eigenvalue weighted by molar-refractivity contribution is 5.87. The molecule has 1 aromatic carbocycles. The third kappa shape index (κ3) is 2.80. The van der Waals surface area contributed by atoms with Crippen molar-refractivity contribution in [3.63, 3.8) is 0 Å². The lowest BCUT2D eigenvalue weighted by Crippen LogP contribution is -2.10. The summed E-state index contributed by atoms with van der Waals surface area (Å²) in [4.78, 5) is 12.1. The van der Waals surface area contributed by atoms with Gasteiger partial charge in [-0.15, -0.1) is 0 Å². The van der Waals surface area contributed by atoms with Crippen LogP contribution in [-0.4, -0.2) is 25.2 Å². The van der Waals surface area contributed by atoms with Gasteiger partial charge in [0.15, 0.2) is 0 Å². The summed E-state index contributed by atoms with van der Waals surface area (Å²) in [6, 6.07) is 4.61. The molecule has 0 heterocycles. The Morgan fingerprint density at radius 3 is 2.67 bits per heavy atom. The average molecular weight is 209 g/mol. The minimum Gasteiger partial charge on any atom is -0.478 e. The summed E-state index contributed by atoms with van der Waals surface area (Å²) in [6.07, 6.45) is 2.18. The standard InChI is InChI=1S/C11H12FNO2/c1-13(2)10-5-3-4-9(12)8(10)6-7-11(14)15/h3-7H,1-2H3,(H,14,15)/b7-6+. The van der Waals surface area contributed by atoms with Gasteiger partial charge in [0.05, 0.1) is 0 Å². The number of benzene rings is 1. The van der Waals surface area contributed by atoms with Crippen LogP contribution >= 0.6 is 0 Å². The van der Waals surface area contributed by atoms with Crippen molar-refractivity contribution in [3.05, 3.63) is 35.7 Å². The summed E-state index contributed by atoms with van der Waals surface area (Å²) >= 11 is 0. The molecule has 0 fully saturated rings. The fraction of sp³-hybridized carbons (Fsp3) is 0.182. The zero-order chi connectivity index (χ0) is 11.4. The Balaban J connectivity index is 3.19. The molecule has 0 atom stereocenters. The molecule has 0 radical (unpaired) electrons. The quantitative estimate of drug-likeness (QED) is 0.774. The monoisotopic (exact) mass is 209 g/mol. The van der Waals surface area contributed by atoms with Crippen LogP contribution in [-0.2, 0) is 4.79 Å². The minimum atomic E-state index is -1.09. The summed E-state index contributed by atoms with van der Waals surface area (Å²) in [7, 11) is 3.54. The van der Waals surface area contributed by atoms with E-state index in [9.17, 15) is 9.18 Å².